The molecule has 5 nitrogen and oxygen atoms in total. The maximum atomic E-state index is 12.6. The second kappa shape index (κ2) is 6.76. The van der Waals surface area contributed by atoms with Crippen LogP contribution in [0.5, 0.6) is 0 Å². The molecule has 0 atom stereocenters. The Morgan fingerprint density at radius 2 is 1.92 bits per heavy atom. The highest BCUT2D eigenvalue weighted by molar-refractivity contribution is 5.88. The molecule has 0 saturated carbocycles. The van der Waals surface area contributed by atoms with Gasteiger partial charge in [-0.3, -0.25) is 4.98 Å². The van der Waals surface area contributed by atoms with Crippen LogP contribution in [0.1, 0.15) is 21.7 Å². The van der Waals surface area contributed by atoms with Crippen LogP contribution in [0, 0.1) is 0 Å². The van der Waals surface area contributed by atoms with E-state index in [1.165, 1.54) is 30.6 Å². The number of nitrogens with zero attached hydrogens (tertiary/aromatic N) is 2. The minimum atomic E-state index is -4.39. The molecule has 0 aliphatic rings. The molecule has 0 saturated heterocycles. The number of alkyl halides is 3. The van der Waals surface area contributed by atoms with Gasteiger partial charge in [0.15, 0.2) is 12.4 Å². The number of esters is 1. The molecule has 0 spiro atoms. The average Bonchev–Trinajstić information content (AvgIpc) is 3.09. The summed E-state index contributed by atoms with van der Waals surface area (Å²) in [6.07, 6.45) is -1.49. The molecule has 8 heteroatoms. The molecule has 3 rings (SSSR count). The van der Waals surface area contributed by atoms with Gasteiger partial charge in [0.1, 0.15) is 5.69 Å². The smallest absolute Gasteiger partial charge is 0.416 e. The van der Waals surface area contributed by atoms with Gasteiger partial charge in [-0.1, -0.05) is 17.3 Å². The summed E-state index contributed by atoms with van der Waals surface area (Å²) in [7, 11) is 0. The highest BCUT2D eigenvalue weighted by Gasteiger charge is 2.30. The van der Waals surface area contributed by atoms with E-state index < -0.39 is 17.7 Å². The first-order valence-electron chi connectivity index (χ1n) is 7.14. The molecular formula is C17H11F3N2O3. The lowest BCUT2D eigenvalue weighted by molar-refractivity contribution is -0.137. The van der Waals surface area contributed by atoms with Gasteiger partial charge in [0.2, 0.25) is 0 Å². The Hall–Kier alpha value is -3.16. The van der Waals surface area contributed by atoms with Crippen molar-refractivity contribution in [1.29, 1.82) is 0 Å². The van der Waals surface area contributed by atoms with E-state index in [0.717, 1.165) is 12.1 Å². The van der Waals surface area contributed by atoms with Gasteiger partial charge >= 0.3 is 12.1 Å². The summed E-state index contributed by atoms with van der Waals surface area (Å²) in [6, 6.07) is 9.19. The van der Waals surface area contributed by atoms with Gasteiger partial charge in [0.05, 0.1) is 11.1 Å². The molecule has 0 amide bonds. The SMILES string of the molecule is O=C(OCc1cc(-c2ccc(C(F)(F)F)cc2)no1)c1cccnc1. The van der Waals surface area contributed by atoms with Crippen molar-refractivity contribution in [2.45, 2.75) is 12.8 Å². The zero-order valence-electron chi connectivity index (χ0n) is 12.7. The lowest BCUT2D eigenvalue weighted by Crippen LogP contribution is -2.04. The van der Waals surface area contributed by atoms with Gasteiger partial charge in [0, 0.05) is 24.0 Å². The van der Waals surface area contributed by atoms with E-state index in [1.54, 1.807) is 12.1 Å². The topological polar surface area (TPSA) is 65.2 Å². The van der Waals surface area contributed by atoms with E-state index in [2.05, 4.69) is 10.1 Å². The molecule has 0 radical (unpaired) electrons. The second-order valence-corrected chi connectivity index (χ2v) is 5.07. The van der Waals surface area contributed by atoms with Crippen molar-refractivity contribution in [2.75, 3.05) is 0 Å². The molecule has 25 heavy (non-hydrogen) atoms. The van der Waals surface area contributed by atoms with Crippen LogP contribution in [0.25, 0.3) is 11.3 Å². The number of ether oxygens (including phenoxy) is 1. The fraction of sp³-hybridized carbons (Fsp3) is 0.118. The number of carbonyl (C=O) groups is 1. The lowest BCUT2D eigenvalue weighted by atomic mass is 10.1. The molecule has 0 bridgehead atoms. The molecule has 3 aromatic rings. The zero-order valence-corrected chi connectivity index (χ0v) is 12.7. The number of benzene rings is 1. The number of aromatic nitrogens is 2. The van der Waals surface area contributed by atoms with Crippen LogP contribution in [0.3, 0.4) is 0 Å². The van der Waals surface area contributed by atoms with Gasteiger partial charge in [-0.05, 0) is 24.3 Å². The summed E-state index contributed by atoms with van der Waals surface area (Å²) in [5.74, 6) is -0.298. The lowest BCUT2D eigenvalue weighted by Gasteiger charge is -2.06. The Bertz CT molecular complexity index is 859. The third kappa shape index (κ3) is 4.03. The van der Waals surface area contributed by atoms with Crippen molar-refractivity contribution in [3.63, 3.8) is 0 Å². The Balaban J connectivity index is 1.65. The molecule has 0 N–H and O–H groups in total. The zero-order chi connectivity index (χ0) is 17.9. The first-order chi connectivity index (χ1) is 11.9. The van der Waals surface area contributed by atoms with Crippen molar-refractivity contribution >= 4 is 5.97 Å². The van der Waals surface area contributed by atoms with Crippen molar-refractivity contribution in [3.8, 4) is 11.3 Å². The van der Waals surface area contributed by atoms with Crippen LogP contribution >= 0.6 is 0 Å². The van der Waals surface area contributed by atoms with Crippen LogP contribution in [0.15, 0.2) is 59.4 Å². The highest BCUT2D eigenvalue weighted by Crippen LogP contribution is 2.30. The van der Waals surface area contributed by atoms with E-state index in [-0.39, 0.29) is 12.4 Å². The number of halogens is 3. The van der Waals surface area contributed by atoms with Crippen LogP contribution in [0.4, 0.5) is 13.2 Å². The molecule has 0 unspecified atom stereocenters. The standard InChI is InChI=1S/C17H11F3N2O3/c18-17(19,20)13-5-3-11(4-6-13)15-8-14(25-22-15)10-24-16(23)12-2-1-7-21-9-12/h1-9H,10H2. The Morgan fingerprint density at radius 3 is 2.56 bits per heavy atom. The highest BCUT2D eigenvalue weighted by atomic mass is 19.4. The first kappa shape index (κ1) is 16.7. The van der Waals surface area contributed by atoms with Crippen LogP contribution in [-0.4, -0.2) is 16.1 Å². The van der Waals surface area contributed by atoms with Crippen LogP contribution in [-0.2, 0) is 17.5 Å². The minimum Gasteiger partial charge on any atom is -0.454 e. The largest absolute Gasteiger partial charge is 0.454 e. The van der Waals surface area contributed by atoms with Crippen molar-refractivity contribution < 1.29 is 27.2 Å². The van der Waals surface area contributed by atoms with Crippen LogP contribution < -0.4 is 0 Å². The molecular weight excluding hydrogens is 337 g/mol. The maximum absolute atomic E-state index is 12.6. The van der Waals surface area contributed by atoms with Crippen molar-refractivity contribution in [2.24, 2.45) is 0 Å². The van der Waals surface area contributed by atoms with E-state index in [0.29, 0.717) is 16.8 Å². The Labute approximate surface area is 140 Å². The van der Waals surface area contributed by atoms with E-state index in [1.807, 2.05) is 0 Å². The number of hydrogen-bond acceptors (Lipinski definition) is 5. The monoisotopic (exact) mass is 348 g/mol. The van der Waals surface area contributed by atoms with Gasteiger partial charge in [-0.2, -0.15) is 13.2 Å². The number of pyridine rings is 1. The molecule has 128 valence electrons. The average molecular weight is 348 g/mol. The van der Waals surface area contributed by atoms with Crippen molar-refractivity contribution in [1.82, 2.24) is 10.1 Å². The van der Waals surface area contributed by atoms with Gasteiger partial charge in [0.25, 0.3) is 0 Å². The summed E-state index contributed by atoms with van der Waals surface area (Å²) < 4.78 is 47.8. The first-order valence-corrected chi connectivity index (χ1v) is 7.14. The summed E-state index contributed by atoms with van der Waals surface area (Å²) in [4.78, 5) is 15.6. The molecule has 0 fully saturated rings. The van der Waals surface area contributed by atoms with Gasteiger partial charge < -0.3 is 9.26 Å². The summed E-state index contributed by atoms with van der Waals surface area (Å²) in [6.45, 7) is -0.151. The quantitative estimate of drug-likeness (QED) is 0.664. The second-order valence-electron chi connectivity index (χ2n) is 5.07. The normalized spacial score (nSPS) is 11.3. The van der Waals surface area contributed by atoms with Crippen molar-refractivity contribution in [3.05, 3.63) is 71.7 Å². The molecule has 0 aliphatic carbocycles. The predicted octanol–water partition coefficient (Wildman–Crippen LogP) is 4.11. The third-order valence-corrected chi connectivity index (χ3v) is 3.31. The summed E-state index contributed by atoms with van der Waals surface area (Å²) in [5, 5.41) is 3.77. The van der Waals surface area contributed by atoms with Crippen LogP contribution in [0.2, 0.25) is 0 Å². The van der Waals surface area contributed by atoms with Gasteiger partial charge in [-0.15, -0.1) is 0 Å². The van der Waals surface area contributed by atoms with E-state index >= 15 is 0 Å². The van der Waals surface area contributed by atoms with E-state index in [4.69, 9.17) is 9.26 Å². The molecule has 2 aromatic heterocycles. The Morgan fingerprint density at radius 1 is 1.16 bits per heavy atom. The molecule has 1 aromatic carbocycles. The number of rotatable bonds is 4. The summed E-state index contributed by atoms with van der Waals surface area (Å²) >= 11 is 0. The molecule has 0 aliphatic heterocycles. The predicted molar refractivity (Wildman–Crippen MR) is 80.3 cm³/mol. The minimum absolute atomic E-state index is 0.151. The fourth-order valence-corrected chi connectivity index (χ4v) is 2.05. The van der Waals surface area contributed by atoms with E-state index in [9.17, 15) is 18.0 Å². The molecule has 2 heterocycles. The fourth-order valence-electron chi connectivity index (χ4n) is 2.05. The third-order valence-electron chi connectivity index (χ3n) is 3.31. The number of carbonyl (C=O) groups excluding carboxylic acids is 1. The van der Waals surface area contributed by atoms with Gasteiger partial charge in [-0.25, -0.2) is 4.79 Å². The Kier molecular flexibility index (Phi) is 4.51. The number of hydrogen-bond donors (Lipinski definition) is 0. The summed E-state index contributed by atoms with van der Waals surface area (Å²) in [5.41, 5.74) is 0.359. The maximum Gasteiger partial charge on any atom is 0.416 e.